The van der Waals surface area contributed by atoms with E-state index < -0.39 is 6.10 Å². The summed E-state index contributed by atoms with van der Waals surface area (Å²) in [4.78, 5) is 14.3. The van der Waals surface area contributed by atoms with Gasteiger partial charge in [-0.05, 0) is 54.6 Å². The first-order valence-electron chi connectivity index (χ1n) is 7.53. The molecule has 1 fully saturated rings. The van der Waals surface area contributed by atoms with Gasteiger partial charge in [-0.3, -0.25) is 4.79 Å². The van der Waals surface area contributed by atoms with E-state index in [1.54, 1.807) is 23.1 Å². The smallest absolute Gasteiger partial charge is 0.258 e. The van der Waals surface area contributed by atoms with Crippen LogP contribution in [0.3, 0.4) is 0 Å². The number of halogens is 2. The van der Waals surface area contributed by atoms with Crippen molar-refractivity contribution in [3.05, 3.63) is 58.8 Å². The number of carbonyl (C=O) groups excluding carboxylic acids is 1. The first-order valence-corrected chi connectivity index (χ1v) is 7.91. The Labute approximate surface area is 138 Å². The molecule has 0 unspecified atom stereocenters. The van der Waals surface area contributed by atoms with Crippen LogP contribution in [0.4, 0.5) is 4.39 Å². The number of hydrogen-bond donors (Lipinski definition) is 1. The molecule has 3 rings (SSSR count). The molecule has 2 heterocycles. The number of aliphatic hydroxyl groups is 1. The summed E-state index contributed by atoms with van der Waals surface area (Å²) in [5, 5.41) is 10.4. The third-order valence-electron chi connectivity index (χ3n) is 4.24. The summed E-state index contributed by atoms with van der Waals surface area (Å²) in [6.07, 6.45) is 2.75. The Morgan fingerprint density at radius 1 is 1.39 bits per heavy atom. The highest BCUT2D eigenvalue weighted by molar-refractivity contribution is 6.32. The van der Waals surface area contributed by atoms with Crippen LogP contribution in [0, 0.1) is 5.82 Å². The van der Waals surface area contributed by atoms with Crippen LogP contribution < -0.4 is 0 Å². The number of benzene rings is 1. The van der Waals surface area contributed by atoms with Gasteiger partial charge in [0.1, 0.15) is 5.82 Å². The van der Waals surface area contributed by atoms with Crippen molar-refractivity contribution in [1.82, 2.24) is 4.90 Å². The highest BCUT2D eigenvalue weighted by Gasteiger charge is 2.32. The molecule has 0 bridgehead atoms. The molecule has 1 amide bonds. The van der Waals surface area contributed by atoms with Crippen molar-refractivity contribution in [3.8, 4) is 0 Å². The van der Waals surface area contributed by atoms with Crippen molar-refractivity contribution in [2.75, 3.05) is 6.54 Å². The van der Waals surface area contributed by atoms with Gasteiger partial charge >= 0.3 is 0 Å². The van der Waals surface area contributed by atoms with E-state index in [2.05, 4.69) is 0 Å². The van der Waals surface area contributed by atoms with E-state index >= 15 is 0 Å². The van der Waals surface area contributed by atoms with E-state index in [4.69, 9.17) is 16.0 Å². The third kappa shape index (κ3) is 3.41. The molecule has 0 spiro atoms. The molecular formula is C17H17ClFNO3. The number of hydrogen-bond acceptors (Lipinski definition) is 3. The Morgan fingerprint density at radius 3 is 2.78 bits per heavy atom. The number of rotatable bonds is 4. The van der Waals surface area contributed by atoms with Gasteiger partial charge in [0.2, 0.25) is 5.22 Å². The fraction of sp³-hybridized carbons (Fsp3) is 0.353. The molecule has 122 valence electrons. The zero-order chi connectivity index (χ0) is 16.4. The lowest BCUT2D eigenvalue weighted by Gasteiger charge is -2.26. The van der Waals surface area contributed by atoms with Crippen molar-refractivity contribution >= 4 is 17.5 Å². The summed E-state index contributed by atoms with van der Waals surface area (Å²) in [5.74, 6) is -0.522. The lowest BCUT2D eigenvalue weighted by atomic mass is 10.00. The summed E-state index contributed by atoms with van der Waals surface area (Å²) in [6.45, 7) is 0.626. The lowest BCUT2D eigenvalue weighted by molar-refractivity contribution is 0.0666. The molecule has 0 aliphatic carbocycles. The van der Waals surface area contributed by atoms with E-state index in [9.17, 15) is 14.3 Å². The van der Waals surface area contributed by atoms with Gasteiger partial charge in [-0.1, -0.05) is 12.1 Å². The fourth-order valence-electron chi connectivity index (χ4n) is 3.03. The number of nitrogens with zero attached hydrogens (tertiary/aromatic N) is 1. The summed E-state index contributed by atoms with van der Waals surface area (Å²) in [5.41, 5.74) is 0.988. The Bertz CT molecular complexity index is 685. The summed E-state index contributed by atoms with van der Waals surface area (Å²) < 4.78 is 17.9. The molecule has 0 radical (unpaired) electrons. The number of furan rings is 1. The molecule has 1 aliphatic rings. The molecule has 1 N–H and O–H groups in total. The predicted octanol–water partition coefficient (Wildman–Crippen LogP) is 3.80. The van der Waals surface area contributed by atoms with Crippen molar-refractivity contribution in [1.29, 1.82) is 0 Å². The fourth-order valence-corrected chi connectivity index (χ4v) is 3.22. The van der Waals surface area contributed by atoms with Crippen LogP contribution in [0.25, 0.3) is 0 Å². The zero-order valence-corrected chi connectivity index (χ0v) is 13.2. The highest BCUT2D eigenvalue weighted by atomic mass is 35.5. The largest absolute Gasteiger partial charge is 0.452 e. The molecule has 23 heavy (non-hydrogen) atoms. The molecule has 1 aliphatic heterocycles. The maximum Gasteiger partial charge on any atom is 0.258 e. The van der Waals surface area contributed by atoms with Crippen LogP contribution in [-0.2, 0) is 0 Å². The van der Waals surface area contributed by atoms with Gasteiger partial charge in [0, 0.05) is 12.6 Å². The van der Waals surface area contributed by atoms with E-state index in [1.165, 1.54) is 18.4 Å². The molecule has 6 heteroatoms. The quantitative estimate of drug-likeness (QED) is 0.923. The number of amides is 1. The third-order valence-corrected chi connectivity index (χ3v) is 4.53. The Hall–Kier alpha value is -1.85. The SMILES string of the molecule is O=C(c1ccoc1Cl)N1CCC[C@H]1C[C@@H](O)c1ccc(F)cc1. The van der Waals surface area contributed by atoms with E-state index in [0.29, 0.717) is 24.1 Å². The standard InChI is InChI=1S/C17H17ClFNO3/c18-16-14(7-9-23-16)17(22)20-8-1-2-13(20)10-15(21)11-3-5-12(19)6-4-11/h3-7,9,13,15,21H,1-2,8,10H2/t13-,15+/m0/s1. The lowest BCUT2D eigenvalue weighted by Crippen LogP contribution is -2.36. The van der Waals surface area contributed by atoms with Gasteiger partial charge in [0.05, 0.1) is 17.9 Å². The van der Waals surface area contributed by atoms with Gasteiger partial charge in [0.15, 0.2) is 0 Å². The van der Waals surface area contributed by atoms with Gasteiger partial charge in [-0.2, -0.15) is 0 Å². The van der Waals surface area contributed by atoms with Crippen LogP contribution in [0.15, 0.2) is 41.0 Å². The zero-order valence-electron chi connectivity index (χ0n) is 12.4. The van der Waals surface area contributed by atoms with Crippen LogP contribution in [0.5, 0.6) is 0 Å². The first-order chi connectivity index (χ1) is 11.1. The second-order valence-electron chi connectivity index (χ2n) is 5.71. The average molecular weight is 338 g/mol. The molecule has 1 aromatic heterocycles. The van der Waals surface area contributed by atoms with Gasteiger partial charge < -0.3 is 14.4 Å². The monoisotopic (exact) mass is 337 g/mol. The number of likely N-dealkylation sites (tertiary alicyclic amines) is 1. The van der Waals surface area contributed by atoms with Crippen molar-refractivity contribution in [2.24, 2.45) is 0 Å². The summed E-state index contributed by atoms with van der Waals surface area (Å²) in [7, 11) is 0. The van der Waals surface area contributed by atoms with Crippen molar-refractivity contribution in [3.63, 3.8) is 0 Å². The van der Waals surface area contributed by atoms with Crippen LogP contribution >= 0.6 is 11.6 Å². The number of aliphatic hydroxyl groups excluding tert-OH is 1. The topological polar surface area (TPSA) is 53.7 Å². The molecule has 2 aromatic rings. The molecule has 1 saturated heterocycles. The van der Waals surface area contributed by atoms with Crippen LogP contribution in [0.2, 0.25) is 5.22 Å². The van der Waals surface area contributed by atoms with Gasteiger partial charge in [-0.25, -0.2) is 4.39 Å². The molecule has 4 nitrogen and oxygen atoms in total. The minimum atomic E-state index is -0.742. The van der Waals surface area contributed by atoms with E-state index in [-0.39, 0.29) is 23.0 Å². The summed E-state index contributed by atoms with van der Waals surface area (Å²) >= 11 is 5.88. The van der Waals surface area contributed by atoms with Crippen LogP contribution in [-0.4, -0.2) is 28.5 Å². The summed E-state index contributed by atoms with van der Waals surface area (Å²) in [6, 6.07) is 7.25. The van der Waals surface area contributed by atoms with Gasteiger partial charge in [-0.15, -0.1) is 0 Å². The second-order valence-corrected chi connectivity index (χ2v) is 6.05. The predicted molar refractivity (Wildman–Crippen MR) is 83.8 cm³/mol. The Kier molecular flexibility index (Phi) is 4.68. The highest BCUT2D eigenvalue weighted by Crippen LogP contribution is 2.30. The van der Waals surface area contributed by atoms with Crippen molar-refractivity contribution in [2.45, 2.75) is 31.4 Å². The van der Waals surface area contributed by atoms with Gasteiger partial charge in [0.25, 0.3) is 5.91 Å². The molecule has 1 aromatic carbocycles. The van der Waals surface area contributed by atoms with E-state index in [0.717, 1.165) is 12.8 Å². The second kappa shape index (κ2) is 6.72. The Balaban J connectivity index is 1.70. The maximum atomic E-state index is 13.0. The minimum absolute atomic E-state index is 0.0754. The van der Waals surface area contributed by atoms with Crippen molar-refractivity contribution < 1.29 is 18.7 Å². The maximum absolute atomic E-state index is 13.0. The van der Waals surface area contributed by atoms with E-state index in [1.807, 2.05) is 0 Å². The van der Waals surface area contributed by atoms with Crippen LogP contribution in [0.1, 0.15) is 41.3 Å². The molecule has 2 atom stereocenters. The Morgan fingerprint density at radius 2 is 2.13 bits per heavy atom. The normalized spacial score (nSPS) is 19.1. The minimum Gasteiger partial charge on any atom is -0.452 e. The number of carbonyl (C=O) groups is 1. The average Bonchev–Trinajstić information content (AvgIpc) is 3.16. The molecular weight excluding hydrogens is 321 g/mol. The molecule has 0 saturated carbocycles. The first kappa shape index (κ1) is 16.0.